The van der Waals surface area contributed by atoms with Gasteiger partial charge in [0, 0.05) is 27.5 Å². The monoisotopic (exact) mass is 306 g/mol. The van der Waals surface area contributed by atoms with Crippen molar-refractivity contribution in [3.63, 3.8) is 0 Å². The number of aromatic nitrogens is 2. The standard InChI is InChI=1S/C13H7ClN2O3S/c14-6-1-2-9-7(3-6)8(4-15-9)11(17)12-16-10(5-20-12)13(18)19/h1-5,15H,(H,18,19). The highest BCUT2D eigenvalue weighted by atomic mass is 35.5. The average Bonchev–Trinajstić information content (AvgIpc) is 3.04. The molecular weight excluding hydrogens is 300 g/mol. The number of carboxylic acids is 1. The predicted molar refractivity (Wildman–Crippen MR) is 75.8 cm³/mol. The molecule has 0 amide bonds. The van der Waals surface area contributed by atoms with Crippen molar-refractivity contribution in [2.45, 2.75) is 0 Å². The molecule has 2 aromatic heterocycles. The number of hydrogen-bond acceptors (Lipinski definition) is 4. The van der Waals surface area contributed by atoms with E-state index < -0.39 is 5.97 Å². The maximum atomic E-state index is 12.4. The Bertz CT molecular complexity index is 837. The Balaban J connectivity index is 2.07. The number of nitrogens with zero attached hydrogens (tertiary/aromatic N) is 1. The summed E-state index contributed by atoms with van der Waals surface area (Å²) in [5.41, 5.74) is 1.08. The third-order valence-electron chi connectivity index (χ3n) is 2.81. The minimum absolute atomic E-state index is 0.128. The van der Waals surface area contributed by atoms with Crippen LogP contribution in [-0.2, 0) is 0 Å². The fourth-order valence-corrected chi connectivity index (χ4v) is 2.79. The maximum Gasteiger partial charge on any atom is 0.355 e. The van der Waals surface area contributed by atoms with E-state index in [-0.39, 0.29) is 16.5 Å². The molecule has 0 spiro atoms. The van der Waals surface area contributed by atoms with Gasteiger partial charge in [0.05, 0.1) is 5.56 Å². The van der Waals surface area contributed by atoms with Gasteiger partial charge in [-0.25, -0.2) is 9.78 Å². The van der Waals surface area contributed by atoms with Crippen LogP contribution in [0.25, 0.3) is 10.9 Å². The zero-order valence-corrected chi connectivity index (χ0v) is 11.5. The molecule has 100 valence electrons. The van der Waals surface area contributed by atoms with E-state index in [1.165, 1.54) is 5.38 Å². The minimum atomic E-state index is -1.15. The first-order chi connectivity index (χ1) is 9.56. The molecule has 0 bridgehead atoms. The smallest absolute Gasteiger partial charge is 0.355 e. The summed E-state index contributed by atoms with van der Waals surface area (Å²) in [6.45, 7) is 0. The van der Waals surface area contributed by atoms with Crippen molar-refractivity contribution < 1.29 is 14.7 Å². The lowest BCUT2D eigenvalue weighted by molar-refractivity contribution is 0.0691. The Kier molecular flexibility index (Phi) is 3.04. The van der Waals surface area contributed by atoms with E-state index in [0.29, 0.717) is 16.0 Å². The lowest BCUT2D eigenvalue weighted by Gasteiger charge is -1.96. The summed E-state index contributed by atoms with van der Waals surface area (Å²) >= 11 is 6.94. The van der Waals surface area contributed by atoms with Crippen LogP contribution in [0.5, 0.6) is 0 Å². The van der Waals surface area contributed by atoms with Gasteiger partial charge in [-0.1, -0.05) is 11.6 Å². The number of hydrogen-bond donors (Lipinski definition) is 2. The molecule has 0 saturated heterocycles. The number of halogens is 1. The fraction of sp³-hybridized carbons (Fsp3) is 0. The van der Waals surface area contributed by atoms with E-state index in [4.69, 9.17) is 16.7 Å². The lowest BCUT2D eigenvalue weighted by Crippen LogP contribution is -2.02. The van der Waals surface area contributed by atoms with Gasteiger partial charge < -0.3 is 10.1 Å². The summed E-state index contributed by atoms with van der Waals surface area (Å²) < 4.78 is 0. The Morgan fingerprint density at radius 3 is 2.85 bits per heavy atom. The number of aromatic carboxylic acids is 1. The van der Waals surface area contributed by atoms with Crippen molar-refractivity contribution in [1.29, 1.82) is 0 Å². The zero-order valence-electron chi connectivity index (χ0n) is 9.88. The van der Waals surface area contributed by atoms with Crippen molar-refractivity contribution in [2.24, 2.45) is 0 Å². The lowest BCUT2D eigenvalue weighted by atomic mass is 10.1. The van der Waals surface area contributed by atoms with Gasteiger partial charge in [-0.2, -0.15) is 0 Å². The topological polar surface area (TPSA) is 83.0 Å². The highest BCUT2D eigenvalue weighted by Crippen LogP contribution is 2.25. The molecule has 3 rings (SSSR count). The van der Waals surface area contributed by atoms with Gasteiger partial charge in [0.15, 0.2) is 10.7 Å². The largest absolute Gasteiger partial charge is 0.476 e. The fourth-order valence-electron chi connectivity index (χ4n) is 1.87. The Morgan fingerprint density at radius 2 is 2.15 bits per heavy atom. The molecule has 0 atom stereocenters. The van der Waals surface area contributed by atoms with Crippen LogP contribution in [0.15, 0.2) is 29.8 Å². The number of carboxylic acid groups (broad SMARTS) is 1. The molecule has 0 aliphatic carbocycles. The third-order valence-corrected chi connectivity index (χ3v) is 3.88. The van der Waals surface area contributed by atoms with Crippen LogP contribution in [0.2, 0.25) is 5.02 Å². The van der Waals surface area contributed by atoms with Gasteiger partial charge in [-0.05, 0) is 18.2 Å². The molecule has 0 aliphatic rings. The SMILES string of the molecule is O=C(O)c1csc(C(=O)c2c[nH]c3ccc(Cl)cc23)n1. The summed E-state index contributed by atoms with van der Waals surface area (Å²) in [5, 5.41) is 11.5. The van der Waals surface area contributed by atoms with Gasteiger partial charge in [0.2, 0.25) is 5.78 Å². The molecule has 7 heteroatoms. The summed E-state index contributed by atoms with van der Waals surface area (Å²) in [6, 6.07) is 5.19. The van der Waals surface area contributed by atoms with E-state index >= 15 is 0 Å². The number of fused-ring (bicyclic) bond motifs is 1. The molecule has 5 nitrogen and oxygen atoms in total. The zero-order chi connectivity index (χ0) is 14.3. The third kappa shape index (κ3) is 2.09. The first-order valence-corrected chi connectivity index (χ1v) is 6.82. The van der Waals surface area contributed by atoms with Gasteiger partial charge in [-0.3, -0.25) is 4.79 Å². The second-order valence-corrected chi connectivity index (χ2v) is 5.36. The molecule has 0 saturated carbocycles. The Labute approximate surface area is 121 Å². The number of aromatic amines is 1. The van der Waals surface area contributed by atoms with Gasteiger partial charge in [0.1, 0.15) is 0 Å². The summed E-state index contributed by atoms with van der Waals surface area (Å²) in [6.07, 6.45) is 1.57. The second-order valence-electron chi connectivity index (χ2n) is 4.06. The van der Waals surface area contributed by atoms with Crippen LogP contribution in [0.4, 0.5) is 0 Å². The Morgan fingerprint density at radius 1 is 1.35 bits per heavy atom. The molecule has 20 heavy (non-hydrogen) atoms. The van der Waals surface area contributed by atoms with Crippen molar-refractivity contribution in [1.82, 2.24) is 9.97 Å². The van der Waals surface area contributed by atoms with E-state index in [0.717, 1.165) is 16.9 Å². The van der Waals surface area contributed by atoms with Crippen LogP contribution in [0.1, 0.15) is 25.9 Å². The van der Waals surface area contributed by atoms with Crippen LogP contribution < -0.4 is 0 Å². The first kappa shape index (κ1) is 12.8. The second kappa shape index (κ2) is 4.73. The number of carbonyl (C=O) groups is 2. The van der Waals surface area contributed by atoms with Gasteiger partial charge in [0.25, 0.3) is 0 Å². The Hall–Kier alpha value is -2.18. The van der Waals surface area contributed by atoms with E-state index in [2.05, 4.69) is 9.97 Å². The molecule has 2 heterocycles. The molecule has 0 fully saturated rings. The van der Waals surface area contributed by atoms with Crippen LogP contribution in [0, 0.1) is 0 Å². The summed E-state index contributed by atoms with van der Waals surface area (Å²) in [4.78, 5) is 29.9. The average molecular weight is 307 g/mol. The van der Waals surface area contributed by atoms with Crippen LogP contribution in [-0.4, -0.2) is 26.8 Å². The van der Waals surface area contributed by atoms with E-state index in [9.17, 15) is 9.59 Å². The highest BCUT2D eigenvalue weighted by molar-refractivity contribution is 7.12. The molecule has 0 radical (unpaired) electrons. The number of nitrogens with one attached hydrogen (secondary N) is 1. The minimum Gasteiger partial charge on any atom is -0.476 e. The number of H-pyrrole nitrogens is 1. The molecule has 1 aromatic carbocycles. The molecule has 3 aromatic rings. The molecule has 0 aliphatic heterocycles. The van der Waals surface area contributed by atoms with Crippen molar-refractivity contribution in [3.8, 4) is 0 Å². The predicted octanol–water partition coefficient (Wildman–Crippen LogP) is 3.21. The van der Waals surface area contributed by atoms with Gasteiger partial charge in [-0.15, -0.1) is 11.3 Å². The number of carbonyl (C=O) groups excluding carboxylic acids is 1. The van der Waals surface area contributed by atoms with Gasteiger partial charge >= 0.3 is 5.97 Å². The van der Waals surface area contributed by atoms with E-state index in [1.807, 2.05) is 0 Å². The quantitative estimate of drug-likeness (QED) is 0.728. The molecule has 2 N–H and O–H groups in total. The highest BCUT2D eigenvalue weighted by Gasteiger charge is 2.19. The summed E-state index contributed by atoms with van der Waals surface area (Å²) in [7, 11) is 0. The first-order valence-electron chi connectivity index (χ1n) is 5.56. The number of thiazole rings is 1. The molecular formula is C13H7ClN2O3S. The number of benzene rings is 1. The van der Waals surface area contributed by atoms with Crippen molar-refractivity contribution >= 4 is 45.6 Å². The number of ketones is 1. The number of rotatable bonds is 3. The van der Waals surface area contributed by atoms with Crippen molar-refractivity contribution in [3.05, 3.63) is 51.1 Å². The summed E-state index contributed by atoms with van der Waals surface area (Å²) in [5.74, 6) is -1.47. The van der Waals surface area contributed by atoms with Crippen LogP contribution in [0.3, 0.4) is 0 Å². The van der Waals surface area contributed by atoms with Crippen molar-refractivity contribution in [2.75, 3.05) is 0 Å². The molecule has 0 unspecified atom stereocenters. The van der Waals surface area contributed by atoms with E-state index in [1.54, 1.807) is 24.4 Å². The van der Waals surface area contributed by atoms with Crippen LogP contribution >= 0.6 is 22.9 Å². The normalized spacial score (nSPS) is 10.8. The maximum absolute atomic E-state index is 12.4.